The fourth-order valence-corrected chi connectivity index (χ4v) is 2.85. The number of nitrogens with zero attached hydrogens (tertiary/aromatic N) is 1. The number of nitriles is 1. The number of ketones is 1. The molecule has 0 spiro atoms. The van der Waals surface area contributed by atoms with Crippen LogP contribution in [0.15, 0.2) is 35.2 Å². The van der Waals surface area contributed by atoms with Gasteiger partial charge in [0, 0.05) is 11.6 Å². The van der Waals surface area contributed by atoms with Gasteiger partial charge in [0.15, 0.2) is 0 Å². The molecule has 0 radical (unpaired) electrons. The maximum Gasteiger partial charge on any atom is 0.213 e. The van der Waals surface area contributed by atoms with Crippen LogP contribution in [0.3, 0.4) is 0 Å². The Morgan fingerprint density at radius 2 is 2.05 bits per heavy atom. The van der Waals surface area contributed by atoms with E-state index in [1.54, 1.807) is 31.4 Å². The average molecular weight is 313 g/mol. The number of ether oxygens (including phenoxy) is 2. The molecule has 0 aliphatic rings. The normalized spacial score (nSPS) is 10.9. The quantitative estimate of drug-likeness (QED) is 0.478. The van der Waals surface area contributed by atoms with Gasteiger partial charge >= 0.3 is 0 Å². The maximum atomic E-state index is 12.4. The molecule has 5 heteroatoms. The molecular weight excluding hydrogens is 298 g/mol. The lowest BCUT2D eigenvalue weighted by Crippen LogP contribution is -2.01. The number of carbonyl (C=O) groups is 1. The number of benzene rings is 1. The SMILES string of the molecule is COc1ccc(C=C(C#N)C(=O)c2sccc2C)c(OC)c1. The van der Waals surface area contributed by atoms with Crippen molar-refractivity contribution >= 4 is 23.2 Å². The number of hydrogen-bond acceptors (Lipinski definition) is 5. The van der Waals surface area contributed by atoms with E-state index in [1.165, 1.54) is 18.4 Å². The third-order valence-electron chi connectivity index (χ3n) is 3.17. The molecule has 2 rings (SSSR count). The zero-order chi connectivity index (χ0) is 16.1. The van der Waals surface area contributed by atoms with Gasteiger partial charge in [0.1, 0.15) is 23.1 Å². The first-order valence-corrected chi connectivity index (χ1v) is 7.41. The molecule has 0 unspecified atom stereocenters. The maximum absolute atomic E-state index is 12.4. The van der Waals surface area contributed by atoms with Crippen molar-refractivity contribution in [2.75, 3.05) is 14.2 Å². The van der Waals surface area contributed by atoms with Gasteiger partial charge in [-0.05, 0) is 42.1 Å². The summed E-state index contributed by atoms with van der Waals surface area (Å²) in [6.07, 6.45) is 1.54. The highest BCUT2D eigenvalue weighted by Gasteiger charge is 2.16. The molecule has 0 saturated carbocycles. The number of rotatable bonds is 5. The lowest BCUT2D eigenvalue weighted by Gasteiger charge is -2.08. The monoisotopic (exact) mass is 313 g/mol. The van der Waals surface area contributed by atoms with E-state index in [-0.39, 0.29) is 11.4 Å². The van der Waals surface area contributed by atoms with Gasteiger partial charge in [-0.25, -0.2) is 0 Å². The highest BCUT2D eigenvalue weighted by Crippen LogP contribution is 2.28. The molecule has 4 nitrogen and oxygen atoms in total. The summed E-state index contributed by atoms with van der Waals surface area (Å²) in [6.45, 7) is 1.85. The van der Waals surface area contributed by atoms with E-state index >= 15 is 0 Å². The predicted octanol–water partition coefficient (Wildman–Crippen LogP) is 3.86. The van der Waals surface area contributed by atoms with Crippen molar-refractivity contribution in [3.05, 3.63) is 51.2 Å². The second kappa shape index (κ2) is 6.92. The molecule has 0 N–H and O–H groups in total. The van der Waals surface area contributed by atoms with Gasteiger partial charge in [-0.15, -0.1) is 11.3 Å². The largest absolute Gasteiger partial charge is 0.497 e. The van der Waals surface area contributed by atoms with E-state index < -0.39 is 0 Å². The molecule has 22 heavy (non-hydrogen) atoms. The summed E-state index contributed by atoms with van der Waals surface area (Å²) in [4.78, 5) is 13.0. The fraction of sp³-hybridized carbons (Fsp3) is 0.176. The molecule has 112 valence electrons. The molecule has 2 aromatic rings. The topological polar surface area (TPSA) is 59.3 Å². The average Bonchev–Trinajstić information content (AvgIpc) is 2.97. The van der Waals surface area contributed by atoms with Crippen molar-refractivity contribution in [2.24, 2.45) is 0 Å². The first-order valence-electron chi connectivity index (χ1n) is 6.53. The molecular formula is C17H15NO3S. The standard InChI is InChI=1S/C17H15NO3S/c1-11-6-7-22-17(11)16(19)13(10-18)8-12-4-5-14(20-2)9-15(12)21-3/h4-9H,1-3H3. The zero-order valence-corrected chi connectivity index (χ0v) is 13.4. The second-order valence-corrected chi connectivity index (χ2v) is 5.46. The Morgan fingerprint density at radius 1 is 1.27 bits per heavy atom. The number of methoxy groups -OCH3 is 2. The van der Waals surface area contributed by atoms with Gasteiger partial charge in [-0.1, -0.05) is 0 Å². The summed E-state index contributed by atoms with van der Waals surface area (Å²) in [5.41, 5.74) is 1.61. The van der Waals surface area contributed by atoms with Crippen LogP contribution in [-0.4, -0.2) is 20.0 Å². The van der Waals surface area contributed by atoms with Crippen molar-refractivity contribution in [1.29, 1.82) is 5.26 Å². The summed E-state index contributed by atoms with van der Waals surface area (Å²) >= 11 is 1.34. The molecule has 1 aromatic heterocycles. The van der Waals surface area contributed by atoms with Gasteiger partial charge in [0.25, 0.3) is 0 Å². The van der Waals surface area contributed by atoms with E-state index in [2.05, 4.69) is 0 Å². The summed E-state index contributed by atoms with van der Waals surface area (Å²) in [5.74, 6) is 0.920. The minimum atomic E-state index is -0.270. The molecule has 0 saturated heterocycles. The number of aryl methyl sites for hydroxylation is 1. The lowest BCUT2D eigenvalue weighted by atomic mass is 10.0. The van der Waals surface area contributed by atoms with Crippen molar-refractivity contribution < 1.29 is 14.3 Å². The van der Waals surface area contributed by atoms with Crippen LogP contribution in [0.5, 0.6) is 11.5 Å². The minimum absolute atomic E-state index is 0.0778. The van der Waals surface area contributed by atoms with E-state index in [0.717, 1.165) is 5.56 Å². The Labute approximate surface area is 133 Å². The van der Waals surface area contributed by atoms with Crippen LogP contribution in [0.4, 0.5) is 0 Å². The summed E-state index contributed by atoms with van der Waals surface area (Å²) in [6, 6.07) is 9.06. The van der Waals surface area contributed by atoms with Crippen molar-refractivity contribution in [3.8, 4) is 17.6 Å². The first kappa shape index (κ1) is 15.8. The molecule has 1 heterocycles. The zero-order valence-electron chi connectivity index (χ0n) is 12.5. The Balaban J connectivity index is 2.44. The van der Waals surface area contributed by atoms with Gasteiger partial charge in [-0.3, -0.25) is 4.79 Å². The van der Waals surface area contributed by atoms with Crippen LogP contribution in [0.2, 0.25) is 0 Å². The van der Waals surface area contributed by atoms with Crippen molar-refractivity contribution in [1.82, 2.24) is 0 Å². The number of Topliss-reactive ketones (excluding diaryl/α,β-unsaturated/α-hetero) is 1. The third kappa shape index (κ3) is 3.18. The molecule has 1 aromatic carbocycles. The van der Waals surface area contributed by atoms with Crippen molar-refractivity contribution in [3.63, 3.8) is 0 Å². The fourth-order valence-electron chi connectivity index (χ4n) is 1.97. The first-order chi connectivity index (χ1) is 10.6. The molecule has 0 amide bonds. The molecule has 0 fully saturated rings. The van der Waals surface area contributed by atoms with Crippen molar-refractivity contribution in [2.45, 2.75) is 6.92 Å². The van der Waals surface area contributed by atoms with Crippen LogP contribution in [-0.2, 0) is 0 Å². The molecule has 0 bridgehead atoms. The van der Waals surface area contributed by atoms with Gasteiger partial charge in [-0.2, -0.15) is 5.26 Å². The summed E-state index contributed by atoms with van der Waals surface area (Å²) in [5, 5.41) is 11.2. The Morgan fingerprint density at radius 3 is 2.59 bits per heavy atom. The molecule has 0 aliphatic heterocycles. The smallest absolute Gasteiger partial charge is 0.213 e. The van der Waals surface area contributed by atoms with Crippen LogP contribution < -0.4 is 9.47 Å². The van der Waals surface area contributed by atoms with Gasteiger partial charge < -0.3 is 9.47 Å². The molecule has 0 aliphatic carbocycles. The number of allylic oxidation sites excluding steroid dienone is 1. The summed E-state index contributed by atoms with van der Waals surface area (Å²) < 4.78 is 10.4. The Bertz CT molecular complexity index is 768. The Hall–Kier alpha value is -2.58. The third-order valence-corrected chi connectivity index (χ3v) is 4.19. The summed E-state index contributed by atoms with van der Waals surface area (Å²) in [7, 11) is 3.09. The second-order valence-electron chi connectivity index (χ2n) is 4.54. The number of hydrogen-bond donors (Lipinski definition) is 0. The minimum Gasteiger partial charge on any atom is -0.497 e. The van der Waals surface area contributed by atoms with Crippen LogP contribution in [0.1, 0.15) is 20.8 Å². The van der Waals surface area contributed by atoms with Crippen LogP contribution in [0, 0.1) is 18.3 Å². The number of carbonyl (C=O) groups excluding carboxylic acids is 1. The highest BCUT2D eigenvalue weighted by atomic mass is 32.1. The predicted molar refractivity (Wildman–Crippen MR) is 86.5 cm³/mol. The van der Waals surface area contributed by atoms with E-state index in [9.17, 15) is 10.1 Å². The lowest BCUT2D eigenvalue weighted by molar-refractivity contribution is 0.104. The molecule has 0 atom stereocenters. The van der Waals surface area contributed by atoms with E-state index in [1.807, 2.05) is 24.4 Å². The number of thiophene rings is 1. The van der Waals surface area contributed by atoms with E-state index in [0.29, 0.717) is 21.9 Å². The highest BCUT2D eigenvalue weighted by molar-refractivity contribution is 7.12. The van der Waals surface area contributed by atoms with Crippen LogP contribution in [0.25, 0.3) is 6.08 Å². The Kier molecular flexibility index (Phi) is 4.97. The van der Waals surface area contributed by atoms with Gasteiger partial charge in [0.2, 0.25) is 5.78 Å². The van der Waals surface area contributed by atoms with Crippen LogP contribution >= 0.6 is 11.3 Å². The van der Waals surface area contributed by atoms with E-state index in [4.69, 9.17) is 9.47 Å². The van der Waals surface area contributed by atoms with Gasteiger partial charge in [0.05, 0.1) is 19.1 Å².